The van der Waals surface area contributed by atoms with Gasteiger partial charge in [0.1, 0.15) is 18.1 Å². The molecule has 1 aliphatic rings. The predicted molar refractivity (Wildman–Crippen MR) is 78.1 cm³/mol. The van der Waals surface area contributed by atoms with Crippen LogP contribution in [0.4, 0.5) is 0 Å². The number of Topliss-reactive ketones (excluding diaryl/α,β-unsaturated/α-hetero) is 1. The second kappa shape index (κ2) is 8.09. The van der Waals surface area contributed by atoms with Crippen LogP contribution < -0.4 is 4.74 Å². The molecule has 0 unspecified atom stereocenters. The fourth-order valence-corrected chi connectivity index (χ4v) is 2.02. The van der Waals surface area contributed by atoms with Crippen LogP contribution in [0, 0.1) is 0 Å². The first-order valence-corrected chi connectivity index (χ1v) is 6.43. The van der Waals surface area contributed by atoms with E-state index in [2.05, 4.69) is 4.90 Å². The minimum absolute atomic E-state index is 0. The van der Waals surface area contributed by atoms with Crippen LogP contribution in [0.15, 0.2) is 18.2 Å². The van der Waals surface area contributed by atoms with Crippen molar-refractivity contribution in [2.45, 2.75) is 6.92 Å². The van der Waals surface area contributed by atoms with E-state index in [1.54, 1.807) is 12.1 Å². The molecular weight excluding hydrogens is 282 g/mol. The first-order chi connectivity index (χ1) is 9.16. The van der Waals surface area contributed by atoms with E-state index in [0.29, 0.717) is 17.9 Å². The van der Waals surface area contributed by atoms with E-state index in [9.17, 15) is 9.90 Å². The molecule has 1 aliphatic heterocycles. The van der Waals surface area contributed by atoms with Crippen molar-refractivity contribution >= 4 is 18.2 Å². The van der Waals surface area contributed by atoms with E-state index >= 15 is 0 Å². The summed E-state index contributed by atoms with van der Waals surface area (Å²) >= 11 is 0. The van der Waals surface area contributed by atoms with Gasteiger partial charge in [-0.1, -0.05) is 0 Å². The monoisotopic (exact) mass is 301 g/mol. The molecule has 1 fully saturated rings. The minimum atomic E-state index is -0.155. The van der Waals surface area contributed by atoms with Gasteiger partial charge in [-0.3, -0.25) is 9.69 Å². The van der Waals surface area contributed by atoms with Crippen molar-refractivity contribution in [2.24, 2.45) is 0 Å². The number of hydrogen-bond donors (Lipinski definition) is 1. The maximum absolute atomic E-state index is 11.2. The van der Waals surface area contributed by atoms with Gasteiger partial charge in [-0.2, -0.15) is 0 Å². The molecule has 1 aromatic rings. The van der Waals surface area contributed by atoms with Crippen LogP contribution in [-0.2, 0) is 4.74 Å². The molecular formula is C14H20ClNO4. The number of carbonyl (C=O) groups is 1. The van der Waals surface area contributed by atoms with Gasteiger partial charge in [0.25, 0.3) is 0 Å². The number of aromatic hydroxyl groups is 1. The Morgan fingerprint density at radius 3 is 2.70 bits per heavy atom. The van der Waals surface area contributed by atoms with E-state index in [1.807, 2.05) is 0 Å². The molecule has 2 rings (SSSR count). The molecule has 0 amide bonds. The Bertz CT molecular complexity index is 447. The highest BCUT2D eigenvalue weighted by Crippen LogP contribution is 2.23. The maximum atomic E-state index is 11.2. The number of phenols is 1. The molecule has 0 atom stereocenters. The van der Waals surface area contributed by atoms with Gasteiger partial charge in [-0.15, -0.1) is 12.4 Å². The van der Waals surface area contributed by atoms with Crippen LogP contribution >= 0.6 is 12.4 Å². The molecule has 20 heavy (non-hydrogen) atoms. The summed E-state index contributed by atoms with van der Waals surface area (Å²) < 4.78 is 10.8. The van der Waals surface area contributed by atoms with Crippen molar-refractivity contribution in [1.29, 1.82) is 0 Å². The summed E-state index contributed by atoms with van der Waals surface area (Å²) in [4.78, 5) is 13.4. The zero-order valence-corrected chi connectivity index (χ0v) is 12.3. The largest absolute Gasteiger partial charge is 0.507 e. The Labute approximate surface area is 124 Å². The lowest BCUT2D eigenvalue weighted by Gasteiger charge is -2.26. The van der Waals surface area contributed by atoms with Crippen LogP contribution in [0.5, 0.6) is 11.5 Å². The Hall–Kier alpha value is -1.30. The highest BCUT2D eigenvalue weighted by molar-refractivity contribution is 5.96. The lowest BCUT2D eigenvalue weighted by molar-refractivity contribution is 0.0322. The number of rotatable bonds is 5. The standard InChI is InChI=1S/C14H19NO4.ClH/c1-11(16)13-3-2-12(10-14(13)17)19-9-6-15-4-7-18-8-5-15;/h2-3,10,17H,4-9H2,1H3;1H. The normalized spacial score (nSPS) is 15.4. The third-order valence-corrected chi connectivity index (χ3v) is 3.13. The van der Waals surface area contributed by atoms with E-state index in [4.69, 9.17) is 9.47 Å². The predicted octanol–water partition coefficient (Wildman–Crippen LogP) is 1.73. The quantitative estimate of drug-likeness (QED) is 0.839. The fourth-order valence-electron chi connectivity index (χ4n) is 2.02. The number of carbonyl (C=O) groups excluding carboxylic acids is 1. The molecule has 1 N–H and O–H groups in total. The Kier molecular flexibility index (Phi) is 6.78. The van der Waals surface area contributed by atoms with Gasteiger partial charge in [0, 0.05) is 25.7 Å². The number of ketones is 1. The molecule has 0 bridgehead atoms. The Balaban J connectivity index is 0.00000200. The van der Waals surface area contributed by atoms with Gasteiger partial charge in [0.2, 0.25) is 0 Å². The molecule has 0 radical (unpaired) electrons. The first-order valence-electron chi connectivity index (χ1n) is 6.43. The van der Waals surface area contributed by atoms with E-state index in [-0.39, 0.29) is 23.9 Å². The second-order valence-electron chi connectivity index (χ2n) is 4.54. The number of phenolic OH excluding ortho intramolecular Hbond substituents is 1. The van der Waals surface area contributed by atoms with Crippen molar-refractivity contribution in [1.82, 2.24) is 4.90 Å². The number of benzene rings is 1. The summed E-state index contributed by atoms with van der Waals surface area (Å²) in [7, 11) is 0. The topological polar surface area (TPSA) is 59.0 Å². The molecule has 0 aliphatic carbocycles. The summed E-state index contributed by atoms with van der Waals surface area (Å²) in [6.45, 7) is 6.21. The van der Waals surface area contributed by atoms with Crippen LogP contribution in [0.3, 0.4) is 0 Å². The molecule has 0 spiro atoms. The summed E-state index contributed by atoms with van der Waals surface area (Å²) in [5.41, 5.74) is 0.320. The lowest BCUT2D eigenvalue weighted by Crippen LogP contribution is -2.38. The smallest absolute Gasteiger partial charge is 0.163 e. The maximum Gasteiger partial charge on any atom is 0.163 e. The number of ether oxygens (including phenoxy) is 2. The van der Waals surface area contributed by atoms with Crippen molar-refractivity contribution in [2.75, 3.05) is 39.5 Å². The summed E-state index contributed by atoms with van der Waals surface area (Å²) in [5, 5.41) is 9.68. The van der Waals surface area contributed by atoms with Crippen LogP contribution in [0.2, 0.25) is 0 Å². The SMILES string of the molecule is CC(=O)c1ccc(OCCN2CCOCC2)cc1O.Cl. The molecule has 5 nitrogen and oxygen atoms in total. The zero-order chi connectivity index (χ0) is 13.7. The minimum Gasteiger partial charge on any atom is -0.507 e. The Morgan fingerprint density at radius 2 is 2.10 bits per heavy atom. The van der Waals surface area contributed by atoms with E-state index < -0.39 is 0 Å². The van der Waals surface area contributed by atoms with E-state index in [1.165, 1.54) is 13.0 Å². The van der Waals surface area contributed by atoms with Gasteiger partial charge in [-0.25, -0.2) is 0 Å². The van der Waals surface area contributed by atoms with Gasteiger partial charge < -0.3 is 14.6 Å². The summed E-state index contributed by atoms with van der Waals surface area (Å²) in [6, 6.07) is 4.77. The molecule has 1 aromatic carbocycles. The van der Waals surface area contributed by atoms with Gasteiger partial charge in [-0.05, 0) is 19.1 Å². The molecule has 1 heterocycles. The molecule has 6 heteroatoms. The fraction of sp³-hybridized carbons (Fsp3) is 0.500. The number of nitrogens with zero attached hydrogens (tertiary/aromatic N) is 1. The number of hydrogen-bond acceptors (Lipinski definition) is 5. The highest BCUT2D eigenvalue weighted by atomic mass is 35.5. The number of morpholine rings is 1. The number of halogens is 1. The van der Waals surface area contributed by atoms with Gasteiger partial charge in [0.15, 0.2) is 5.78 Å². The first kappa shape index (κ1) is 16.8. The third kappa shape index (κ3) is 4.67. The second-order valence-corrected chi connectivity index (χ2v) is 4.54. The lowest BCUT2D eigenvalue weighted by atomic mass is 10.1. The summed E-state index contributed by atoms with van der Waals surface area (Å²) in [5.74, 6) is 0.393. The van der Waals surface area contributed by atoms with Gasteiger partial charge in [0.05, 0.1) is 18.8 Å². The van der Waals surface area contributed by atoms with Gasteiger partial charge >= 0.3 is 0 Å². The molecule has 0 saturated carbocycles. The Morgan fingerprint density at radius 1 is 1.40 bits per heavy atom. The molecule has 0 aromatic heterocycles. The van der Waals surface area contributed by atoms with Crippen LogP contribution in [0.25, 0.3) is 0 Å². The van der Waals surface area contributed by atoms with Crippen LogP contribution in [0.1, 0.15) is 17.3 Å². The average Bonchev–Trinajstić information content (AvgIpc) is 2.39. The highest BCUT2D eigenvalue weighted by Gasteiger charge is 2.11. The van der Waals surface area contributed by atoms with Crippen molar-refractivity contribution < 1.29 is 19.4 Å². The van der Waals surface area contributed by atoms with Crippen LogP contribution in [-0.4, -0.2) is 55.2 Å². The van der Waals surface area contributed by atoms with E-state index in [0.717, 1.165) is 32.8 Å². The van der Waals surface area contributed by atoms with Crippen molar-refractivity contribution in [3.8, 4) is 11.5 Å². The third-order valence-electron chi connectivity index (χ3n) is 3.13. The van der Waals surface area contributed by atoms with Crippen molar-refractivity contribution in [3.05, 3.63) is 23.8 Å². The average molecular weight is 302 g/mol. The molecule has 112 valence electrons. The molecule has 1 saturated heterocycles. The summed E-state index contributed by atoms with van der Waals surface area (Å²) in [6.07, 6.45) is 0. The van der Waals surface area contributed by atoms with Crippen molar-refractivity contribution in [3.63, 3.8) is 0 Å². The zero-order valence-electron chi connectivity index (χ0n) is 11.5.